The minimum Gasteiger partial charge on any atom is -0.452 e. The maximum atomic E-state index is 13.4. The number of hydrogen-bond acceptors (Lipinski definition) is 5. The van der Waals surface area contributed by atoms with E-state index in [1.54, 1.807) is 0 Å². The Kier molecular flexibility index (Phi) is 6.25. The van der Waals surface area contributed by atoms with Crippen molar-refractivity contribution in [3.63, 3.8) is 0 Å². The fraction of sp³-hybridized carbons (Fsp3) is 0.125. The topological polar surface area (TPSA) is 97.4 Å². The number of carbonyl (C=O) groups excluding carboxylic acids is 3. The zero-order valence-corrected chi connectivity index (χ0v) is 13.1. The summed E-state index contributed by atoms with van der Waals surface area (Å²) in [4.78, 5) is 38.5. The van der Waals surface area contributed by atoms with Gasteiger partial charge in [0.15, 0.2) is 24.1 Å². The minimum atomic E-state index is -1.73. The van der Waals surface area contributed by atoms with Crippen molar-refractivity contribution in [2.45, 2.75) is 0 Å². The van der Waals surface area contributed by atoms with Crippen LogP contribution in [-0.2, 0) is 14.3 Å². The average Bonchev–Trinajstić information content (AvgIpc) is 2.65. The van der Waals surface area contributed by atoms with E-state index in [1.165, 1.54) is 24.5 Å². The molecule has 0 saturated carbocycles. The standard InChI is InChI=1S/C16H12F3N3O4/c17-10-1-2-11(15(19)14(10)18)22-12(23)7-21-13(24)8-26-16(25)9-3-5-20-6-4-9/h1-6H,7-8H2,(H,21,24)(H,22,23). The van der Waals surface area contributed by atoms with Crippen molar-refractivity contribution in [2.75, 3.05) is 18.5 Å². The lowest BCUT2D eigenvalue weighted by atomic mass is 10.2. The molecule has 0 spiro atoms. The minimum absolute atomic E-state index is 0.194. The quantitative estimate of drug-likeness (QED) is 0.594. The number of anilines is 1. The number of rotatable bonds is 6. The second-order valence-corrected chi connectivity index (χ2v) is 4.86. The number of nitrogens with one attached hydrogen (secondary N) is 2. The Hall–Kier alpha value is -3.43. The van der Waals surface area contributed by atoms with Crippen LogP contribution >= 0.6 is 0 Å². The fourth-order valence-electron chi connectivity index (χ4n) is 1.75. The molecule has 136 valence electrons. The Morgan fingerprint density at radius 1 is 0.962 bits per heavy atom. The van der Waals surface area contributed by atoms with E-state index in [0.29, 0.717) is 6.07 Å². The third kappa shape index (κ3) is 5.03. The number of esters is 1. The maximum Gasteiger partial charge on any atom is 0.338 e. The molecule has 26 heavy (non-hydrogen) atoms. The predicted octanol–water partition coefficient (Wildman–Crippen LogP) is 1.41. The molecular formula is C16H12F3N3O4. The summed E-state index contributed by atoms with van der Waals surface area (Å²) in [5.74, 6) is -7.11. The lowest BCUT2D eigenvalue weighted by Crippen LogP contribution is -2.35. The molecule has 1 heterocycles. The fourth-order valence-corrected chi connectivity index (χ4v) is 1.75. The predicted molar refractivity (Wildman–Crippen MR) is 82.5 cm³/mol. The van der Waals surface area contributed by atoms with Gasteiger partial charge >= 0.3 is 5.97 Å². The lowest BCUT2D eigenvalue weighted by molar-refractivity contribution is -0.126. The summed E-state index contributed by atoms with van der Waals surface area (Å²) in [6.45, 7) is -1.24. The van der Waals surface area contributed by atoms with Gasteiger partial charge in [-0.25, -0.2) is 18.0 Å². The zero-order chi connectivity index (χ0) is 19.1. The van der Waals surface area contributed by atoms with E-state index in [0.717, 1.165) is 6.07 Å². The molecular weight excluding hydrogens is 355 g/mol. The first-order valence-corrected chi connectivity index (χ1v) is 7.15. The first-order valence-electron chi connectivity index (χ1n) is 7.15. The number of aromatic nitrogens is 1. The largest absolute Gasteiger partial charge is 0.452 e. The molecule has 2 amide bonds. The first-order chi connectivity index (χ1) is 12.4. The molecule has 2 aromatic rings. The molecule has 0 saturated heterocycles. The number of benzene rings is 1. The molecule has 0 fully saturated rings. The van der Waals surface area contributed by atoms with Crippen LogP contribution in [0.15, 0.2) is 36.7 Å². The first kappa shape index (κ1) is 18.9. The van der Waals surface area contributed by atoms with Gasteiger partial charge in [0, 0.05) is 12.4 Å². The van der Waals surface area contributed by atoms with Gasteiger partial charge in [-0.1, -0.05) is 0 Å². The summed E-state index contributed by atoms with van der Waals surface area (Å²) in [7, 11) is 0. The van der Waals surface area contributed by atoms with Crippen molar-refractivity contribution in [3.8, 4) is 0 Å². The Morgan fingerprint density at radius 2 is 1.65 bits per heavy atom. The highest BCUT2D eigenvalue weighted by atomic mass is 19.2. The number of hydrogen-bond donors (Lipinski definition) is 2. The van der Waals surface area contributed by atoms with Gasteiger partial charge in [-0.05, 0) is 24.3 Å². The molecule has 0 unspecified atom stereocenters. The summed E-state index contributed by atoms with van der Waals surface area (Å²) >= 11 is 0. The van der Waals surface area contributed by atoms with Gasteiger partial charge in [-0.15, -0.1) is 0 Å². The number of carbonyl (C=O) groups is 3. The molecule has 10 heteroatoms. The van der Waals surface area contributed by atoms with Crippen molar-refractivity contribution in [3.05, 3.63) is 59.7 Å². The van der Waals surface area contributed by atoms with Crippen molar-refractivity contribution < 1.29 is 32.3 Å². The molecule has 0 aliphatic rings. The number of halogens is 3. The van der Waals surface area contributed by atoms with Crippen LogP contribution in [0.4, 0.5) is 18.9 Å². The Labute approximate surface area is 145 Å². The van der Waals surface area contributed by atoms with E-state index in [9.17, 15) is 27.6 Å². The van der Waals surface area contributed by atoms with E-state index < -0.39 is 54.1 Å². The van der Waals surface area contributed by atoms with Crippen LogP contribution in [0.25, 0.3) is 0 Å². The van der Waals surface area contributed by atoms with Gasteiger partial charge in [-0.3, -0.25) is 14.6 Å². The molecule has 0 aliphatic heterocycles. The normalized spacial score (nSPS) is 10.1. The summed E-state index contributed by atoms with van der Waals surface area (Å²) < 4.78 is 44.0. The molecule has 7 nitrogen and oxygen atoms in total. The van der Waals surface area contributed by atoms with Crippen LogP contribution in [0.2, 0.25) is 0 Å². The zero-order valence-electron chi connectivity index (χ0n) is 13.1. The van der Waals surface area contributed by atoms with Gasteiger partial charge in [-0.2, -0.15) is 0 Å². The van der Waals surface area contributed by atoms with Crippen LogP contribution in [0, 0.1) is 17.5 Å². The Morgan fingerprint density at radius 3 is 2.35 bits per heavy atom. The van der Waals surface area contributed by atoms with Crippen LogP contribution in [0.1, 0.15) is 10.4 Å². The van der Waals surface area contributed by atoms with Gasteiger partial charge in [0.05, 0.1) is 17.8 Å². The average molecular weight is 367 g/mol. The highest BCUT2D eigenvalue weighted by Gasteiger charge is 2.16. The third-order valence-electron chi connectivity index (χ3n) is 3.01. The molecule has 1 aromatic heterocycles. The lowest BCUT2D eigenvalue weighted by Gasteiger charge is -2.09. The maximum absolute atomic E-state index is 13.4. The highest BCUT2D eigenvalue weighted by molar-refractivity contribution is 5.95. The second-order valence-electron chi connectivity index (χ2n) is 4.86. The number of amides is 2. The van der Waals surface area contributed by atoms with E-state index in [-0.39, 0.29) is 5.56 Å². The molecule has 1 aromatic carbocycles. The van der Waals surface area contributed by atoms with Crippen LogP contribution in [0.5, 0.6) is 0 Å². The van der Waals surface area contributed by atoms with Crippen molar-refractivity contribution in [2.24, 2.45) is 0 Å². The van der Waals surface area contributed by atoms with Gasteiger partial charge in [0.25, 0.3) is 5.91 Å². The summed E-state index contributed by atoms with van der Waals surface area (Å²) in [6.07, 6.45) is 2.75. The van der Waals surface area contributed by atoms with E-state index in [1.807, 2.05) is 5.32 Å². The second kappa shape index (κ2) is 8.60. The van der Waals surface area contributed by atoms with Crippen LogP contribution in [-0.4, -0.2) is 35.9 Å². The van der Waals surface area contributed by atoms with E-state index in [4.69, 9.17) is 4.74 Å². The molecule has 2 N–H and O–H groups in total. The van der Waals surface area contributed by atoms with Gasteiger partial charge < -0.3 is 15.4 Å². The Balaban J connectivity index is 1.78. The van der Waals surface area contributed by atoms with Crippen LogP contribution < -0.4 is 10.6 Å². The van der Waals surface area contributed by atoms with E-state index in [2.05, 4.69) is 10.3 Å². The summed E-state index contributed by atoms with van der Waals surface area (Å²) in [5.41, 5.74) is -0.383. The smallest absolute Gasteiger partial charge is 0.338 e. The summed E-state index contributed by atoms with van der Waals surface area (Å²) in [6, 6.07) is 4.27. The SMILES string of the molecule is O=C(COC(=O)c1ccncc1)NCC(=O)Nc1ccc(F)c(F)c1F. The van der Waals surface area contributed by atoms with Crippen molar-refractivity contribution >= 4 is 23.5 Å². The number of ether oxygens (including phenoxy) is 1. The van der Waals surface area contributed by atoms with Crippen LogP contribution in [0.3, 0.4) is 0 Å². The van der Waals surface area contributed by atoms with Gasteiger partial charge in [0.1, 0.15) is 0 Å². The van der Waals surface area contributed by atoms with Crippen molar-refractivity contribution in [1.82, 2.24) is 10.3 Å². The monoisotopic (exact) mass is 367 g/mol. The highest BCUT2D eigenvalue weighted by Crippen LogP contribution is 2.19. The molecule has 0 bridgehead atoms. The number of pyridine rings is 1. The van der Waals surface area contributed by atoms with Crippen molar-refractivity contribution in [1.29, 1.82) is 0 Å². The van der Waals surface area contributed by atoms with E-state index >= 15 is 0 Å². The van der Waals surface area contributed by atoms with Gasteiger partial charge in [0.2, 0.25) is 5.91 Å². The summed E-state index contributed by atoms with van der Waals surface area (Å²) in [5, 5.41) is 4.10. The molecule has 0 atom stereocenters. The molecule has 0 aliphatic carbocycles. The Bertz CT molecular complexity index is 831. The molecule has 2 rings (SSSR count). The number of nitrogens with zero attached hydrogens (tertiary/aromatic N) is 1. The molecule has 0 radical (unpaired) electrons. The third-order valence-corrected chi connectivity index (χ3v) is 3.01.